The highest BCUT2D eigenvalue weighted by molar-refractivity contribution is 5.16. The minimum atomic E-state index is 0.0438. The van der Waals surface area contributed by atoms with Crippen molar-refractivity contribution < 1.29 is 0 Å². The molecule has 1 unspecified atom stereocenters. The first-order valence-corrected chi connectivity index (χ1v) is 6.04. The maximum atomic E-state index is 5.99. The SMILES string of the molecule is CC(C)c1cc(C(C)N)n(CC(C)(C)C)n1. The summed E-state index contributed by atoms with van der Waals surface area (Å²) in [5.41, 5.74) is 8.49. The Morgan fingerprint density at radius 2 is 1.88 bits per heavy atom. The smallest absolute Gasteiger partial charge is 0.0653 e. The first-order chi connectivity index (χ1) is 7.20. The summed E-state index contributed by atoms with van der Waals surface area (Å²) in [5.74, 6) is 0.457. The van der Waals surface area contributed by atoms with Crippen molar-refractivity contribution in [3.63, 3.8) is 0 Å². The van der Waals surface area contributed by atoms with Gasteiger partial charge in [-0.2, -0.15) is 5.10 Å². The van der Waals surface area contributed by atoms with E-state index in [0.29, 0.717) is 5.92 Å². The molecule has 0 aliphatic rings. The number of aromatic nitrogens is 2. The molecule has 0 amide bonds. The molecule has 0 aromatic carbocycles. The molecule has 2 N–H and O–H groups in total. The van der Waals surface area contributed by atoms with Crippen molar-refractivity contribution in [2.45, 2.75) is 60.0 Å². The number of nitrogens with zero attached hydrogens (tertiary/aromatic N) is 2. The molecular formula is C13H25N3. The average molecular weight is 223 g/mol. The summed E-state index contributed by atoms with van der Waals surface area (Å²) in [5, 5.41) is 4.65. The molecule has 16 heavy (non-hydrogen) atoms. The number of hydrogen-bond acceptors (Lipinski definition) is 2. The zero-order valence-corrected chi connectivity index (χ0v) is 11.4. The number of rotatable bonds is 3. The lowest BCUT2D eigenvalue weighted by atomic mass is 9.97. The van der Waals surface area contributed by atoms with E-state index >= 15 is 0 Å². The van der Waals surface area contributed by atoms with Gasteiger partial charge >= 0.3 is 0 Å². The monoisotopic (exact) mass is 223 g/mol. The van der Waals surface area contributed by atoms with Crippen molar-refractivity contribution in [1.29, 1.82) is 0 Å². The van der Waals surface area contributed by atoms with Crippen LogP contribution in [0.3, 0.4) is 0 Å². The maximum absolute atomic E-state index is 5.99. The fraction of sp³-hybridized carbons (Fsp3) is 0.769. The Morgan fingerprint density at radius 3 is 2.25 bits per heavy atom. The van der Waals surface area contributed by atoms with Crippen molar-refractivity contribution in [2.24, 2.45) is 11.1 Å². The topological polar surface area (TPSA) is 43.8 Å². The molecule has 0 radical (unpaired) electrons. The van der Waals surface area contributed by atoms with E-state index in [1.165, 1.54) is 0 Å². The summed E-state index contributed by atoms with van der Waals surface area (Å²) in [4.78, 5) is 0. The van der Waals surface area contributed by atoms with Gasteiger partial charge in [-0.3, -0.25) is 4.68 Å². The molecule has 1 rings (SSSR count). The van der Waals surface area contributed by atoms with Crippen LogP contribution in [0, 0.1) is 5.41 Å². The third kappa shape index (κ3) is 3.34. The third-order valence-electron chi connectivity index (χ3n) is 2.51. The molecule has 1 aromatic rings. The van der Waals surface area contributed by atoms with Crippen LogP contribution in [-0.4, -0.2) is 9.78 Å². The van der Waals surface area contributed by atoms with E-state index < -0.39 is 0 Å². The quantitative estimate of drug-likeness (QED) is 0.855. The van der Waals surface area contributed by atoms with Gasteiger partial charge in [-0.25, -0.2) is 0 Å². The summed E-state index contributed by atoms with van der Waals surface area (Å²) in [6.45, 7) is 13.9. The predicted molar refractivity (Wildman–Crippen MR) is 68.4 cm³/mol. The Morgan fingerprint density at radius 1 is 1.31 bits per heavy atom. The standard InChI is InChI=1S/C13H25N3/c1-9(2)11-7-12(10(3)14)16(15-11)8-13(4,5)6/h7,9-10H,8,14H2,1-6H3. The van der Waals surface area contributed by atoms with Crippen molar-refractivity contribution in [2.75, 3.05) is 0 Å². The van der Waals surface area contributed by atoms with Crippen molar-refractivity contribution in [3.05, 3.63) is 17.5 Å². The van der Waals surface area contributed by atoms with Crippen LogP contribution in [0.5, 0.6) is 0 Å². The molecule has 0 spiro atoms. The van der Waals surface area contributed by atoms with Gasteiger partial charge < -0.3 is 5.73 Å². The molecule has 0 bridgehead atoms. The molecule has 0 saturated carbocycles. The highest BCUT2D eigenvalue weighted by Gasteiger charge is 2.18. The third-order valence-corrected chi connectivity index (χ3v) is 2.51. The number of nitrogens with two attached hydrogens (primary N) is 1. The van der Waals surface area contributed by atoms with Gasteiger partial charge in [-0.15, -0.1) is 0 Å². The summed E-state index contributed by atoms with van der Waals surface area (Å²) in [6.07, 6.45) is 0. The van der Waals surface area contributed by atoms with Crippen LogP contribution in [0.2, 0.25) is 0 Å². The first kappa shape index (κ1) is 13.2. The fourth-order valence-corrected chi connectivity index (χ4v) is 1.68. The van der Waals surface area contributed by atoms with E-state index in [2.05, 4.69) is 50.5 Å². The van der Waals surface area contributed by atoms with Crippen LogP contribution in [-0.2, 0) is 6.54 Å². The fourth-order valence-electron chi connectivity index (χ4n) is 1.68. The molecule has 0 fully saturated rings. The zero-order valence-electron chi connectivity index (χ0n) is 11.4. The van der Waals surface area contributed by atoms with Crippen LogP contribution >= 0.6 is 0 Å². The normalized spacial score (nSPS) is 14.5. The van der Waals surface area contributed by atoms with Gasteiger partial charge in [0.05, 0.1) is 11.4 Å². The molecule has 0 aliphatic carbocycles. The highest BCUT2D eigenvalue weighted by Crippen LogP contribution is 2.23. The van der Waals surface area contributed by atoms with Crippen LogP contribution in [0.15, 0.2) is 6.07 Å². The summed E-state index contributed by atoms with van der Waals surface area (Å²) < 4.78 is 2.07. The van der Waals surface area contributed by atoms with E-state index in [9.17, 15) is 0 Å². The van der Waals surface area contributed by atoms with E-state index in [0.717, 1.165) is 17.9 Å². The van der Waals surface area contributed by atoms with E-state index in [4.69, 9.17) is 5.73 Å². The van der Waals surface area contributed by atoms with Crippen LogP contribution in [0.25, 0.3) is 0 Å². The maximum Gasteiger partial charge on any atom is 0.0653 e. The van der Waals surface area contributed by atoms with E-state index in [1.54, 1.807) is 0 Å². The van der Waals surface area contributed by atoms with Crippen molar-refractivity contribution >= 4 is 0 Å². The Labute approximate surface area is 99.0 Å². The second-order valence-corrected chi connectivity index (χ2v) is 6.16. The minimum Gasteiger partial charge on any atom is -0.323 e. The second kappa shape index (κ2) is 4.58. The van der Waals surface area contributed by atoms with Gasteiger partial charge in [0.15, 0.2) is 0 Å². The molecule has 3 heteroatoms. The molecular weight excluding hydrogens is 198 g/mol. The molecule has 3 nitrogen and oxygen atoms in total. The van der Waals surface area contributed by atoms with Gasteiger partial charge in [0.2, 0.25) is 0 Å². The highest BCUT2D eigenvalue weighted by atomic mass is 15.3. The summed E-state index contributed by atoms with van der Waals surface area (Å²) >= 11 is 0. The largest absolute Gasteiger partial charge is 0.323 e. The summed E-state index contributed by atoms with van der Waals surface area (Å²) in [6, 6.07) is 2.18. The first-order valence-electron chi connectivity index (χ1n) is 6.04. The van der Waals surface area contributed by atoms with Gasteiger partial charge in [0.1, 0.15) is 0 Å². The molecule has 1 aromatic heterocycles. The van der Waals surface area contributed by atoms with E-state index in [1.807, 2.05) is 6.92 Å². The lowest BCUT2D eigenvalue weighted by molar-refractivity contribution is 0.315. The average Bonchev–Trinajstić information content (AvgIpc) is 2.44. The Balaban J connectivity index is 3.06. The van der Waals surface area contributed by atoms with Crippen LogP contribution < -0.4 is 5.73 Å². The van der Waals surface area contributed by atoms with Gasteiger partial charge in [0.25, 0.3) is 0 Å². The number of hydrogen-bond donors (Lipinski definition) is 1. The molecule has 0 saturated heterocycles. The second-order valence-electron chi connectivity index (χ2n) is 6.16. The van der Waals surface area contributed by atoms with E-state index in [-0.39, 0.29) is 11.5 Å². The molecule has 0 aliphatic heterocycles. The van der Waals surface area contributed by atoms with Crippen molar-refractivity contribution in [3.8, 4) is 0 Å². The molecule has 92 valence electrons. The summed E-state index contributed by atoms with van der Waals surface area (Å²) in [7, 11) is 0. The minimum absolute atomic E-state index is 0.0438. The molecule has 1 atom stereocenters. The van der Waals surface area contributed by atoms with Gasteiger partial charge in [0, 0.05) is 12.6 Å². The Kier molecular flexibility index (Phi) is 3.79. The lowest BCUT2D eigenvalue weighted by Gasteiger charge is -2.20. The van der Waals surface area contributed by atoms with Crippen LogP contribution in [0.4, 0.5) is 0 Å². The van der Waals surface area contributed by atoms with Crippen molar-refractivity contribution in [1.82, 2.24) is 9.78 Å². The predicted octanol–water partition coefficient (Wildman–Crippen LogP) is 3.07. The van der Waals surface area contributed by atoms with Gasteiger partial charge in [-0.05, 0) is 24.3 Å². The zero-order chi connectivity index (χ0) is 12.5. The van der Waals surface area contributed by atoms with Gasteiger partial charge in [-0.1, -0.05) is 34.6 Å². The lowest BCUT2D eigenvalue weighted by Crippen LogP contribution is -2.21. The molecule has 1 heterocycles. The Hall–Kier alpha value is -0.830. The Bertz CT molecular complexity index is 343. The van der Waals surface area contributed by atoms with Crippen LogP contribution in [0.1, 0.15) is 64.9 Å².